The highest BCUT2D eigenvalue weighted by molar-refractivity contribution is 5.92. The smallest absolute Gasteiger partial charge is 0.231 e. The molecule has 1 aliphatic heterocycles. The first-order valence-electron chi connectivity index (χ1n) is 10.4. The van der Waals surface area contributed by atoms with Crippen LogP contribution in [0, 0.1) is 0 Å². The number of morpholine rings is 1. The van der Waals surface area contributed by atoms with Crippen molar-refractivity contribution in [1.82, 2.24) is 19.6 Å². The van der Waals surface area contributed by atoms with Gasteiger partial charge >= 0.3 is 0 Å². The van der Waals surface area contributed by atoms with Crippen molar-refractivity contribution < 1.29 is 13.9 Å². The predicted octanol–water partition coefficient (Wildman–Crippen LogP) is 2.88. The molecule has 1 saturated heterocycles. The molecule has 4 aromatic heterocycles. The Kier molecular flexibility index (Phi) is 4.79. The number of aromatic nitrogens is 4. The van der Waals surface area contributed by atoms with Crippen LogP contribution in [0.4, 0.5) is 5.82 Å². The van der Waals surface area contributed by atoms with E-state index in [1.165, 1.54) is 0 Å². The highest BCUT2D eigenvalue weighted by Gasteiger charge is 2.29. The number of imidazole rings is 1. The summed E-state index contributed by atoms with van der Waals surface area (Å²) in [6, 6.07) is 7.45. The highest BCUT2D eigenvalue weighted by Crippen LogP contribution is 2.34. The molecular formula is C22H26N6O3. The zero-order chi connectivity index (χ0) is 21.6. The molecule has 0 spiro atoms. The molecule has 1 atom stereocenters. The number of hydrogen-bond donors (Lipinski definition) is 1. The van der Waals surface area contributed by atoms with Gasteiger partial charge in [-0.25, -0.2) is 14.5 Å². The predicted molar refractivity (Wildman–Crippen MR) is 117 cm³/mol. The Hall–Kier alpha value is -3.17. The lowest BCUT2D eigenvalue weighted by Crippen LogP contribution is -2.48. The Balaban J connectivity index is 1.54. The van der Waals surface area contributed by atoms with Gasteiger partial charge in [0.2, 0.25) is 5.88 Å². The number of ether oxygens (including phenoxy) is 2. The van der Waals surface area contributed by atoms with Crippen LogP contribution in [0.25, 0.3) is 28.1 Å². The first-order valence-corrected chi connectivity index (χ1v) is 10.4. The van der Waals surface area contributed by atoms with Gasteiger partial charge in [0.05, 0.1) is 23.8 Å². The summed E-state index contributed by atoms with van der Waals surface area (Å²) in [5.74, 6) is 2.05. The Morgan fingerprint density at radius 1 is 1.26 bits per heavy atom. The molecule has 5 rings (SSSR count). The molecule has 0 amide bonds. The van der Waals surface area contributed by atoms with E-state index in [9.17, 15) is 0 Å². The summed E-state index contributed by atoms with van der Waals surface area (Å²) >= 11 is 0. The number of pyridine rings is 1. The van der Waals surface area contributed by atoms with Crippen molar-refractivity contribution in [2.75, 3.05) is 31.2 Å². The molecule has 5 heterocycles. The van der Waals surface area contributed by atoms with Crippen molar-refractivity contribution in [2.45, 2.75) is 32.4 Å². The fourth-order valence-electron chi connectivity index (χ4n) is 3.84. The van der Waals surface area contributed by atoms with Crippen LogP contribution in [0.5, 0.6) is 5.88 Å². The molecule has 0 saturated carbocycles. The number of nitrogens with zero attached hydrogens (tertiary/aromatic N) is 5. The third kappa shape index (κ3) is 3.82. The molecule has 4 aromatic rings. The lowest BCUT2D eigenvalue weighted by Gasteiger charge is -2.38. The largest absolute Gasteiger partial charge is 0.475 e. The summed E-state index contributed by atoms with van der Waals surface area (Å²) in [5, 5.41) is 5.51. The second-order valence-electron chi connectivity index (χ2n) is 8.56. The molecule has 9 heteroatoms. The zero-order valence-electron chi connectivity index (χ0n) is 17.9. The van der Waals surface area contributed by atoms with E-state index in [0.29, 0.717) is 30.5 Å². The van der Waals surface area contributed by atoms with Crippen molar-refractivity contribution >= 4 is 22.4 Å². The van der Waals surface area contributed by atoms with Crippen LogP contribution in [0.15, 0.2) is 41.1 Å². The van der Waals surface area contributed by atoms with Gasteiger partial charge in [0.25, 0.3) is 0 Å². The number of hydrogen-bond acceptors (Lipinski definition) is 8. The quantitative estimate of drug-likeness (QED) is 0.524. The van der Waals surface area contributed by atoms with Crippen LogP contribution in [0.3, 0.4) is 0 Å². The summed E-state index contributed by atoms with van der Waals surface area (Å²) < 4.78 is 19.4. The molecule has 2 N–H and O–H groups in total. The molecule has 0 aromatic carbocycles. The van der Waals surface area contributed by atoms with Crippen LogP contribution in [0.2, 0.25) is 0 Å². The van der Waals surface area contributed by atoms with Gasteiger partial charge in [0.15, 0.2) is 11.4 Å². The summed E-state index contributed by atoms with van der Waals surface area (Å²) in [7, 11) is 0. The third-order valence-electron chi connectivity index (χ3n) is 5.23. The van der Waals surface area contributed by atoms with Gasteiger partial charge in [-0.3, -0.25) is 0 Å². The maximum Gasteiger partial charge on any atom is 0.231 e. The maximum atomic E-state index is 6.18. The van der Waals surface area contributed by atoms with Crippen molar-refractivity contribution in [3.8, 4) is 17.3 Å². The molecule has 0 unspecified atom stereocenters. The number of nitrogens with two attached hydrogens (primary N) is 1. The Bertz CT molecular complexity index is 1230. The number of furan rings is 1. The normalized spacial score (nSPS) is 17.4. The fraction of sp³-hybridized carbons (Fsp3) is 0.409. The Morgan fingerprint density at radius 2 is 2.13 bits per heavy atom. The van der Waals surface area contributed by atoms with Gasteiger partial charge in [-0.05, 0) is 39.0 Å². The Morgan fingerprint density at radius 3 is 2.94 bits per heavy atom. The fourth-order valence-corrected chi connectivity index (χ4v) is 3.84. The Labute approximate surface area is 179 Å². The van der Waals surface area contributed by atoms with E-state index in [2.05, 4.69) is 33.8 Å². The van der Waals surface area contributed by atoms with Gasteiger partial charge in [-0.1, -0.05) is 0 Å². The molecule has 31 heavy (non-hydrogen) atoms. The van der Waals surface area contributed by atoms with Crippen molar-refractivity contribution in [2.24, 2.45) is 5.73 Å². The van der Waals surface area contributed by atoms with E-state index in [0.717, 1.165) is 35.6 Å². The van der Waals surface area contributed by atoms with E-state index in [-0.39, 0.29) is 11.6 Å². The lowest BCUT2D eigenvalue weighted by atomic mass is 10.1. The van der Waals surface area contributed by atoms with Gasteiger partial charge in [0, 0.05) is 31.4 Å². The SMILES string of the molecule is C[C@H](N)COc1ccc2ncc(-c3cc4c(N5CCOC(C)(C)C5)nccc4o3)n2n1. The van der Waals surface area contributed by atoms with E-state index >= 15 is 0 Å². The van der Waals surface area contributed by atoms with Crippen molar-refractivity contribution in [3.63, 3.8) is 0 Å². The first kappa shape index (κ1) is 19.8. The molecule has 0 aliphatic carbocycles. The zero-order valence-corrected chi connectivity index (χ0v) is 17.9. The molecule has 1 fully saturated rings. The molecule has 0 radical (unpaired) electrons. The first-order chi connectivity index (χ1) is 14.9. The van der Waals surface area contributed by atoms with Gasteiger partial charge in [0.1, 0.15) is 23.7 Å². The topological polar surface area (TPSA) is 104 Å². The highest BCUT2D eigenvalue weighted by atomic mass is 16.5. The summed E-state index contributed by atoms with van der Waals surface area (Å²) in [6.45, 7) is 8.67. The maximum absolute atomic E-state index is 6.18. The van der Waals surface area contributed by atoms with E-state index in [1.807, 2.05) is 25.1 Å². The van der Waals surface area contributed by atoms with E-state index in [1.54, 1.807) is 23.0 Å². The third-order valence-corrected chi connectivity index (χ3v) is 5.23. The minimum Gasteiger partial charge on any atom is -0.475 e. The minimum absolute atomic E-state index is 0.0776. The second kappa shape index (κ2) is 7.51. The van der Waals surface area contributed by atoms with Crippen LogP contribution in [-0.2, 0) is 4.74 Å². The standard InChI is InChI=1S/C22H26N6O3/c1-14(23)12-29-20-5-4-19-25-11-16(28(19)26-20)18-10-15-17(31-18)6-7-24-21(15)27-8-9-30-22(2,3)13-27/h4-7,10-11,14H,8-9,12-13,23H2,1-3H3/t14-/m0/s1. The van der Waals surface area contributed by atoms with Crippen LogP contribution in [-0.4, -0.2) is 57.5 Å². The number of rotatable bonds is 5. The van der Waals surface area contributed by atoms with Crippen molar-refractivity contribution in [3.05, 3.63) is 36.7 Å². The minimum atomic E-state index is -0.225. The van der Waals surface area contributed by atoms with Crippen LogP contribution in [0.1, 0.15) is 20.8 Å². The summed E-state index contributed by atoms with van der Waals surface area (Å²) in [4.78, 5) is 11.3. The number of fused-ring (bicyclic) bond motifs is 2. The van der Waals surface area contributed by atoms with E-state index in [4.69, 9.17) is 19.6 Å². The summed E-state index contributed by atoms with van der Waals surface area (Å²) in [6.07, 6.45) is 3.53. The monoisotopic (exact) mass is 422 g/mol. The molecular weight excluding hydrogens is 396 g/mol. The van der Waals surface area contributed by atoms with Gasteiger partial charge in [-0.2, -0.15) is 0 Å². The average molecular weight is 422 g/mol. The van der Waals surface area contributed by atoms with E-state index < -0.39 is 0 Å². The van der Waals surface area contributed by atoms with Crippen molar-refractivity contribution in [1.29, 1.82) is 0 Å². The number of anilines is 1. The molecule has 1 aliphatic rings. The van der Waals surface area contributed by atoms with Crippen LogP contribution < -0.4 is 15.4 Å². The summed E-state index contributed by atoms with van der Waals surface area (Å²) in [5.41, 5.74) is 7.77. The van der Waals surface area contributed by atoms with Gasteiger partial charge < -0.3 is 24.5 Å². The molecule has 9 nitrogen and oxygen atoms in total. The molecule has 0 bridgehead atoms. The average Bonchev–Trinajstić information content (AvgIpc) is 3.34. The molecule has 162 valence electrons. The lowest BCUT2D eigenvalue weighted by molar-refractivity contribution is -0.0278. The second-order valence-corrected chi connectivity index (χ2v) is 8.56. The van der Waals surface area contributed by atoms with Crippen LogP contribution >= 0.6 is 0 Å². The van der Waals surface area contributed by atoms with Gasteiger partial charge in [-0.15, -0.1) is 5.10 Å².